The van der Waals surface area contributed by atoms with Gasteiger partial charge in [0.15, 0.2) is 5.96 Å². The molecule has 0 aliphatic rings. The van der Waals surface area contributed by atoms with Crippen molar-refractivity contribution < 1.29 is 4.74 Å². The molecule has 0 fully saturated rings. The van der Waals surface area contributed by atoms with Gasteiger partial charge >= 0.3 is 0 Å². The first-order valence-electron chi connectivity index (χ1n) is 7.28. The minimum atomic E-state index is 0.737. The van der Waals surface area contributed by atoms with E-state index in [-0.39, 0.29) is 0 Å². The normalized spacial score (nSPS) is 11.3. The lowest BCUT2D eigenvalue weighted by Crippen LogP contribution is -2.37. The highest BCUT2D eigenvalue weighted by molar-refractivity contribution is 7.98. The maximum absolute atomic E-state index is 5.35. The van der Waals surface area contributed by atoms with Crippen LogP contribution in [0.2, 0.25) is 0 Å². The number of nitrogens with one attached hydrogen (secondary N) is 2. The van der Waals surface area contributed by atoms with Gasteiger partial charge in [0.25, 0.3) is 0 Å². The van der Waals surface area contributed by atoms with Crippen LogP contribution in [-0.4, -0.2) is 38.7 Å². The molecule has 1 aromatic carbocycles. The monoisotopic (exact) mass is 309 g/mol. The van der Waals surface area contributed by atoms with Crippen molar-refractivity contribution in [3.63, 3.8) is 0 Å². The van der Waals surface area contributed by atoms with E-state index < -0.39 is 0 Å². The van der Waals surface area contributed by atoms with Crippen molar-refractivity contribution >= 4 is 17.7 Å². The molecule has 0 saturated heterocycles. The van der Waals surface area contributed by atoms with E-state index in [1.54, 1.807) is 14.2 Å². The Kier molecular flexibility index (Phi) is 8.74. The third kappa shape index (κ3) is 6.76. The molecule has 0 bridgehead atoms. The first kappa shape index (κ1) is 17.7. The van der Waals surface area contributed by atoms with Crippen LogP contribution in [0.5, 0.6) is 5.75 Å². The van der Waals surface area contributed by atoms with Crippen LogP contribution in [-0.2, 0) is 6.54 Å². The van der Waals surface area contributed by atoms with Crippen LogP contribution in [0.1, 0.15) is 24.0 Å². The fourth-order valence-corrected chi connectivity index (χ4v) is 2.45. The summed E-state index contributed by atoms with van der Waals surface area (Å²) < 4.78 is 5.35. The molecule has 0 atom stereocenters. The first-order chi connectivity index (χ1) is 10.2. The number of hydrogen-bond acceptors (Lipinski definition) is 3. The average Bonchev–Trinajstić information content (AvgIpc) is 2.51. The molecule has 0 amide bonds. The smallest absolute Gasteiger partial charge is 0.191 e. The molecule has 0 aliphatic carbocycles. The Hall–Kier alpha value is -1.36. The lowest BCUT2D eigenvalue weighted by molar-refractivity contribution is 0.411. The Labute approximate surface area is 132 Å². The largest absolute Gasteiger partial charge is 0.496 e. The number of nitrogens with zero attached hydrogens (tertiary/aromatic N) is 1. The predicted molar refractivity (Wildman–Crippen MR) is 93.5 cm³/mol. The molecular weight excluding hydrogens is 282 g/mol. The molecule has 21 heavy (non-hydrogen) atoms. The van der Waals surface area contributed by atoms with Crippen molar-refractivity contribution in [2.75, 3.05) is 32.7 Å². The Morgan fingerprint density at radius 2 is 2.10 bits per heavy atom. The van der Waals surface area contributed by atoms with Gasteiger partial charge in [-0.1, -0.05) is 12.1 Å². The fourth-order valence-electron chi connectivity index (χ4n) is 1.96. The number of aliphatic imine (C=N–C) groups is 1. The van der Waals surface area contributed by atoms with Crippen LogP contribution in [0, 0.1) is 6.92 Å². The first-order valence-corrected chi connectivity index (χ1v) is 8.67. The molecular formula is C16H27N3OS. The summed E-state index contributed by atoms with van der Waals surface area (Å²) >= 11 is 1.89. The molecule has 5 heteroatoms. The van der Waals surface area contributed by atoms with Crippen molar-refractivity contribution in [2.45, 2.75) is 26.3 Å². The number of hydrogen-bond donors (Lipinski definition) is 2. The van der Waals surface area contributed by atoms with Gasteiger partial charge in [-0.3, -0.25) is 4.99 Å². The molecule has 0 spiro atoms. The molecule has 0 aliphatic heterocycles. The Bertz CT molecular complexity index is 449. The van der Waals surface area contributed by atoms with E-state index in [9.17, 15) is 0 Å². The van der Waals surface area contributed by atoms with Gasteiger partial charge in [-0.05, 0) is 49.0 Å². The third-order valence-electron chi connectivity index (χ3n) is 3.22. The highest BCUT2D eigenvalue weighted by Gasteiger charge is 2.02. The lowest BCUT2D eigenvalue weighted by Gasteiger charge is -2.13. The van der Waals surface area contributed by atoms with E-state index in [1.165, 1.54) is 24.2 Å². The Balaban J connectivity index is 2.38. The van der Waals surface area contributed by atoms with Crippen molar-refractivity contribution in [1.29, 1.82) is 0 Å². The van der Waals surface area contributed by atoms with Gasteiger partial charge in [0, 0.05) is 20.1 Å². The fraction of sp³-hybridized carbons (Fsp3) is 0.562. The summed E-state index contributed by atoms with van der Waals surface area (Å²) in [5.41, 5.74) is 2.33. The van der Waals surface area contributed by atoms with Crippen molar-refractivity contribution in [2.24, 2.45) is 4.99 Å². The van der Waals surface area contributed by atoms with Gasteiger partial charge in [-0.15, -0.1) is 0 Å². The zero-order valence-corrected chi connectivity index (χ0v) is 14.3. The van der Waals surface area contributed by atoms with Crippen LogP contribution in [0.15, 0.2) is 23.2 Å². The molecule has 118 valence electrons. The summed E-state index contributed by atoms with van der Waals surface area (Å²) in [6.45, 7) is 3.74. The second kappa shape index (κ2) is 10.4. The molecule has 2 N–H and O–H groups in total. The summed E-state index contributed by atoms with van der Waals surface area (Å²) in [4.78, 5) is 4.24. The van der Waals surface area contributed by atoms with Crippen LogP contribution in [0.25, 0.3) is 0 Å². The van der Waals surface area contributed by atoms with Gasteiger partial charge in [-0.25, -0.2) is 0 Å². The summed E-state index contributed by atoms with van der Waals surface area (Å²) in [5.74, 6) is 2.99. The standard InChI is InChI=1S/C16H27N3OS/c1-13-7-8-14(11-15(13)20-3)12-19-16(17-2)18-9-5-6-10-21-4/h7-8,11H,5-6,9-10,12H2,1-4H3,(H2,17,18,19). The minimum Gasteiger partial charge on any atom is -0.496 e. The van der Waals surface area contributed by atoms with Gasteiger partial charge in [0.1, 0.15) is 5.75 Å². The molecule has 0 unspecified atom stereocenters. The Morgan fingerprint density at radius 3 is 2.76 bits per heavy atom. The number of unbranched alkanes of at least 4 members (excludes halogenated alkanes) is 1. The Morgan fingerprint density at radius 1 is 1.29 bits per heavy atom. The average molecular weight is 309 g/mol. The molecule has 1 rings (SSSR count). The maximum atomic E-state index is 5.35. The van der Waals surface area contributed by atoms with Gasteiger partial charge in [0.2, 0.25) is 0 Å². The minimum absolute atomic E-state index is 0.737. The van der Waals surface area contributed by atoms with E-state index in [1.807, 2.05) is 18.7 Å². The van der Waals surface area contributed by atoms with Crippen LogP contribution in [0.4, 0.5) is 0 Å². The SMILES string of the molecule is CN=C(NCCCCSC)NCc1ccc(C)c(OC)c1. The highest BCUT2D eigenvalue weighted by Crippen LogP contribution is 2.18. The van der Waals surface area contributed by atoms with Crippen molar-refractivity contribution in [3.8, 4) is 5.75 Å². The molecule has 0 saturated carbocycles. The molecule has 0 aromatic heterocycles. The van der Waals surface area contributed by atoms with Crippen molar-refractivity contribution in [1.82, 2.24) is 10.6 Å². The molecule has 1 aromatic rings. The molecule has 4 nitrogen and oxygen atoms in total. The number of thioether (sulfide) groups is 1. The van der Waals surface area contributed by atoms with E-state index in [0.29, 0.717) is 0 Å². The zero-order valence-electron chi connectivity index (χ0n) is 13.5. The van der Waals surface area contributed by atoms with E-state index in [0.717, 1.165) is 30.4 Å². The topological polar surface area (TPSA) is 45.7 Å². The third-order valence-corrected chi connectivity index (χ3v) is 3.92. The van der Waals surface area contributed by atoms with Gasteiger partial charge < -0.3 is 15.4 Å². The summed E-state index contributed by atoms with van der Waals surface area (Å²) in [6.07, 6.45) is 4.55. The summed E-state index contributed by atoms with van der Waals surface area (Å²) in [5, 5.41) is 6.66. The number of guanidine groups is 1. The number of benzene rings is 1. The number of ether oxygens (including phenoxy) is 1. The number of methoxy groups -OCH3 is 1. The second-order valence-electron chi connectivity index (χ2n) is 4.86. The van der Waals surface area contributed by atoms with Crippen LogP contribution >= 0.6 is 11.8 Å². The van der Waals surface area contributed by atoms with Gasteiger partial charge in [-0.2, -0.15) is 11.8 Å². The quantitative estimate of drug-likeness (QED) is 0.440. The van der Waals surface area contributed by atoms with Crippen LogP contribution in [0.3, 0.4) is 0 Å². The second-order valence-corrected chi connectivity index (χ2v) is 5.84. The highest BCUT2D eigenvalue weighted by atomic mass is 32.2. The van der Waals surface area contributed by atoms with E-state index in [4.69, 9.17) is 4.74 Å². The van der Waals surface area contributed by atoms with Gasteiger partial charge in [0.05, 0.1) is 7.11 Å². The lowest BCUT2D eigenvalue weighted by atomic mass is 10.1. The molecule has 0 heterocycles. The summed E-state index contributed by atoms with van der Waals surface area (Å²) in [6, 6.07) is 6.25. The number of rotatable bonds is 8. The van der Waals surface area contributed by atoms with E-state index in [2.05, 4.69) is 40.1 Å². The zero-order chi connectivity index (χ0) is 15.5. The molecule has 0 radical (unpaired) electrons. The van der Waals surface area contributed by atoms with Crippen LogP contribution < -0.4 is 15.4 Å². The van der Waals surface area contributed by atoms with Crippen molar-refractivity contribution in [3.05, 3.63) is 29.3 Å². The summed E-state index contributed by atoms with van der Waals surface area (Å²) in [7, 11) is 3.50. The maximum Gasteiger partial charge on any atom is 0.191 e. The predicted octanol–water partition coefficient (Wildman–Crippen LogP) is 2.81. The number of aryl methyl sites for hydroxylation is 1. The van der Waals surface area contributed by atoms with E-state index >= 15 is 0 Å².